The number of benzene rings is 2. The van der Waals surface area contributed by atoms with E-state index in [1.165, 1.54) is 12.1 Å². The predicted octanol–water partition coefficient (Wildman–Crippen LogP) is 3.54. The van der Waals surface area contributed by atoms with Gasteiger partial charge in [-0.2, -0.15) is 0 Å². The molecule has 2 aromatic rings. The Morgan fingerprint density at radius 2 is 1.52 bits per heavy atom. The molecule has 10 heteroatoms. The molecule has 0 aliphatic rings. The number of anilines is 1. The zero-order valence-electron chi connectivity index (χ0n) is 17.0. The van der Waals surface area contributed by atoms with Gasteiger partial charge in [0.25, 0.3) is 0 Å². The summed E-state index contributed by atoms with van der Waals surface area (Å²) < 4.78 is 55.0. The van der Waals surface area contributed by atoms with E-state index in [4.69, 9.17) is 10.1 Å². The first-order valence-corrected chi connectivity index (χ1v) is 12.8. The first-order valence-electron chi connectivity index (χ1n) is 9.33. The lowest BCUT2D eigenvalue weighted by Gasteiger charge is -2.18. The molecule has 0 spiro atoms. The minimum atomic E-state index is -3.59. The van der Waals surface area contributed by atoms with E-state index in [9.17, 15) is 16.8 Å². The van der Waals surface area contributed by atoms with E-state index in [-0.39, 0.29) is 41.8 Å². The maximum atomic E-state index is 12.1. The number of rotatable bonds is 11. The van der Waals surface area contributed by atoms with Crippen molar-refractivity contribution in [1.82, 2.24) is 0 Å². The van der Waals surface area contributed by atoms with E-state index in [2.05, 4.69) is 4.98 Å². The molecule has 0 aliphatic carbocycles. The number of ether oxygens (including phenoxy) is 1. The minimum absolute atomic E-state index is 0.0416. The molecule has 0 saturated carbocycles. The van der Waals surface area contributed by atoms with Crippen LogP contribution in [0.4, 0.5) is 11.4 Å². The molecule has 31 heavy (non-hydrogen) atoms. The third-order valence-corrected chi connectivity index (χ3v) is 6.88. The lowest BCUT2D eigenvalue weighted by atomic mass is 10.2. The highest BCUT2D eigenvalue weighted by Crippen LogP contribution is 2.29. The van der Waals surface area contributed by atoms with E-state index in [1.54, 1.807) is 66.8 Å². The van der Waals surface area contributed by atoms with Gasteiger partial charge in [0.15, 0.2) is 14.8 Å². The van der Waals surface area contributed by atoms with Gasteiger partial charge in [0.05, 0.1) is 36.7 Å². The number of diazo groups is 1. The van der Waals surface area contributed by atoms with Crippen molar-refractivity contribution >= 4 is 31.2 Å². The fourth-order valence-electron chi connectivity index (χ4n) is 2.60. The number of nitrogens with zero attached hydrogens (tertiary/aromatic N) is 3. The number of hydrogen-bond acceptors (Lipinski definition) is 6. The van der Waals surface area contributed by atoms with Gasteiger partial charge in [0.2, 0.25) is 15.4 Å². The molecule has 0 amide bonds. The summed E-state index contributed by atoms with van der Waals surface area (Å²) in [6, 6.07) is 14.6. The molecule has 0 radical (unpaired) electrons. The van der Waals surface area contributed by atoms with Gasteiger partial charge in [-0.25, -0.2) is 16.8 Å². The lowest BCUT2D eigenvalue weighted by Crippen LogP contribution is -2.30. The summed E-state index contributed by atoms with van der Waals surface area (Å²) in [5.74, 6) is -0.116. The van der Waals surface area contributed by atoms with E-state index in [0.717, 1.165) is 10.6 Å². The van der Waals surface area contributed by atoms with Crippen molar-refractivity contribution in [1.29, 1.82) is 5.39 Å². The van der Waals surface area contributed by atoms with Crippen molar-refractivity contribution in [2.45, 2.75) is 4.90 Å². The van der Waals surface area contributed by atoms with Crippen LogP contribution < -0.4 is 4.31 Å². The molecule has 0 unspecified atom stereocenters. The molecule has 0 N–H and O–H groups in total. The van der Waals surface area contributed by atoms with Crippen LogP contribution in [-0.4, -0.2) is 48.6 Å². The van der Waals surface area contributed by atoms with Crippen molar-refractivity contribution in [3.8, 4) is 0 Å². The van der Waals surface area contributed by atoms with Gasteiger partial charge in [0.1, 0.15) is 5.69 Å². The molecule has 0 bridgehead atoms. The summed E-state index contributed by atoms with van der Waals surface area (Å²) in [6.45, 7) is 0.482. The first-order chi connectivity index (χ1) is 14.8. The van der Waals surface area contributed by atoms with E-state index in [0.29, 0.717) is 0 Å². The molecule has 0 aromatic heterocycles. The monoisotopic (exact) mass is 462 g/mol. The van der Waals surface area contributed by atoms with Crippen molar-refractivity contribution in [3.05, 3.63) is 83.9 Å². The van der Waals surface area contributed by atoms with Crippen LogP contribution in [0, 0.1) is 5.39 Å². The molecular formula is C21H24N3O5S2+. The van der Waals surface area contributed by atoms with Crippen LogP contribution in [0.25, 0.3) is 4.98 Å². The van der Waals surface area contributed by atoms with Crippen molar-refractivity contribution < 1.29 is 21.6 Å². The molecule has 2 rings (SSSR count). The van der Waals surface area contributed by atoms with Crippen molar-refractivity contribution in [3.63, 3.8) is 0 Å². The topological polar surface area (TPSA) is 109 Å². The van der Waals surface area contributed by atoms with Crippen LogP contribution in [0.5, 0.6) is 0 Å². The second-order valence-corrected chi connectivity index (χ2v) is 10.4. The Morgan fingerprint density at radius 3 is 2.16 bits per heavy atom. The van der Waals surface area contributed by atoms with Gasteiger partial charge in [-0.1, -0.05) is 54.6 Å². The molecule has 0 atom stereocenters. The van der Waals surface area contributed by atoms with Crippen LogP contribution >= 0.6 is 0 Å². The second kappa shape index (κ2) is 11.4. The van der Waals surface area contributed by atoms with Crippen LogP contribution in [-0.2, 0) is 24.6 Å². The van der Waals surface area contributed by atoms with Gasteiger partial charge >= 0.3 is 5.69 Å². The standard InChI is InChI=1S/C21H24N3O5S2/c1-30(25,26)24(21-14-6-5-13-20(21)23-22)15-7-8-16-29-17-9-10-18-31(27,28)19-11-3-2-4-12-19/h2-14H,15-18H2,1H3/q+1/b8-7+,10-9+. The fourth-order valence-corrected chi connectivity index (χ4v) is 4.62. The molecule has 164 valence electrons. The Bertz CT molecular complexity index is 1170. The summed E-state index contributed by atoms with van der Waals surface area (Å²) in [5.41, 5.74) is 0.411. The number of sulfonamides is 1. The maximum Gasteiger partial charge on any atom is 0.409 e. The predicted molar refractivity (Wildman–Crippen MR) is 121 cm³/mol. The Morgan fingerprint density at radius 1 is 0.903 bits per heavy atom. The lowest BCUT2D eigenvalue weighted by molar-refractivity contribution is 0.193. The van der Waals surface area contributed by atoms with Gasteiger partial charge in [-0.05, 0) is 18.2 Å². The highest BCUT2D eigenvalue weighted by molar-refractivity contribution is 7.92. The maximum absolute atomic E-state index is 12.1. The average Bonchev–Trinajstić information content (AvgIpc) is 2.75. The smallest absolute Gasteiger partial charge is 0.373 e. The van der Waals surface area contributed by atoms with E-state index < -0.39 is 19.9 Å². The van der Waals surface area contributed by atoms with Crippen molar-refractivity contribution in [2.75, 3.05) is 36.1 Å². The largest absolute Gasteiger partial charge is 0.409 e. The van der Waals surface area contributed by atoms with Crippen LogP contribution in [0.3, 0.4) is 0 Å². The minimum Gasteiger partial charge on any atom is -0.373 e. The molecule has 2 aromatic carbocycles. The van der Waals surface area contributed by atoms with Crippen LogP contribution in [0.2, 0.25) is 0 Å². The quantitative estimate of drug-likeness (QED) is 0.287. The third kappa shape index (κ3) is 7.64. The summed E-state index contributed by atoms with van der Waals surface area (Å²) >= 11 is 0. The molecular weight excluding hydrogens is 438 g/mol. The van der Waals surface area contributed by atoms with E-state index >= 15 is 0 Å². The number of para-hydroxylation sites is 1. The first kappa shape index (κ1) is 24.3. The van der Waals surface area contributed by atoms with Gasteiger partial charge < -0.3 is 4.74 Å². The Labute approximate surface area is 183 Å². The van der Waals surface area contributed by atoms with Gasteiger partial charge in [0, 0.05) is 6.07 Å². The van der Waals surface area contributed by atoms with Crippen LogP contribution in [0.15, 0.2) is 83.8 Å². The highest BCUT2D eigenvalue weighted by Gasteiger charge is 2.24. The molecule has 0 saturated heterocycles. The Kier molecular flexibility index (Phi) is 8.93. The summed E-state index contributed by atoms with van der Waals surface area (Å²) in [4.78, 5) is 3.40. The van der Waals surface area contributed by atoms with Gasteiger partial charge in [-0.15, -0.1) is 0 Å². The SMILES string of the molecule is CS(=O)(=O)N(C/C=C/COC/C=C/CS(=O)(=O)c1ccccc1)c1ccccc1[N+]#N. The summed E-state index contributed by atoms with van der Waals surface area (Å²) in [5, 5.41) is 9.08. The second-order valence-electron chi connectivity index (χ2n) is 6.46. The molecule has 0 aliphatic heterocycles. The highest BCUT2D eigenvalue weighted by atomic mass is 32.2. The molecule has 0 heterocycles. The normalized spacial score (nSPS) is 12.3. The molecule has 0 fully saturated rings. The molecule has 8 nitrogen and oxygen atoms in total. The summed E-state index contributed by atoms with van der Waals surface area (Å²) in [7, 11) is -6.95. The number of hydrogen-bond donors (Lipinski definition) is 0. The van der Waals surface area contributed by atoms with Crippen molar-refractivity contribution in [2.24, 2.45) is 0 Å². The third-order valence-electron chi connectivity index (χ3n) is 4.11. The Balaban J connectivity index is 1.82. The fraction of sp³-hybridized carbons (Fsp3) is 0.238. The number of sulfone groups is 1. The zero-order chi connectivity index (χ0) is 22.7. The van der Waals surface area contributed by atoms with E-state index in [1.807, 2.05) is 0 Å². The zero-order valence-corrected chi connectivity index (χ0v) is 18.7. The Hall–Kier alpha value is -3.00. The van der Waals surface area contributed by atoms with Gasteiger partial charge in [-0.3, -0.25) is 4.31 Å². The average molecular weight is 463 g/mol. The van der Waals surface area contributed by atoms with Crippen LogP contribution in [0.1, 0.15) is 0 Å². The summed E-state index contributed by atoms with van der Waals surface area (Å²) in [6.07, 6.45) is 7.51.